The van der Waals surface area contributed by atoms with Crippen molar-refractivity contribution >= 4 is 0 Å². The molecule has 2 aliphatic rings. The first-order valence-corrected chi connectivity index (χ1v) is 3.72. The van der Waals surface area contributed by atoms with E-state index in [0.717, 1.165) is 24.9 Å². The number of hydrogen-bond donors (Lipinski definition) is 2. The third-order valence-corrected chi connectivity index (χ3v) is 2.95. The maximum Gasteiger partial charge on any atom is 0.0326 e. The van der Waals surface area contributed by atoms with Gasteiger partial charge in [-0.05, 0) is 18.3 Å². The van der Waals surface area contributed by atoms with E-state index in [2.05, 4.69) is 12.2 Å². The van der Waals surface area contributed by atoms with Crippen molar-refractivity contribution in [1.82, 2.24) is 5.32 Å². The molecule has 0 amide bonds. The van der Waals surface area contributed by atoms with Gasteiger partial charge in [0.05, 0.1) is 0 Å². The molecule has 0 bridgehead atoms. The summed E-state index contributed by atoms with van der Waals surface area (Å²) in [5.41, 5.74) is 6.23. The zero-order valence-corrected chi connectivity index (χ0v) is 5.85. The molecule has 0 unspecified atom stereocenters. The first-order chi connectivity index (χ1) is 4.22. The highest BCUT2D eigenvalue weighted by Gasteiger charge is 2.51. The Morgan fingerprint density at radius 1 is 1.67 bits per heavy atom. The Kier molecular flexibility index (Phi) is 0.945. The van der Waals surface area contributed by atoms with Gasteiger partial charge in [0.25, 0.3) is 0 Å². The molecule has 0 spiro atoms. The van der Waals surface area contributed by atoms with Gasteiger partial charge >= 0.3 is 0 Å². The van der Waals surface area contributed by atoms with Crippen LogP contribution >= 0.6 is 0 Å². The molecule has 0 aromatic rings. The molecule has 9 heavy (non-hydrogen) atoms. The average Bonchev–Trinajstić information content (AvgIpc) is 2.06. The van der Waals surface area contributed by atoms with E-state index in [-0.39, 0.29) is 5.54 Å². The van der Waals surface area contributed by atoms with Gasteiger partial charge in [0, 0.05) is 18.6 Å². The summed E-state index contributed by atoms with van der Waals surface area (Å²) in [6.07, 6.45) is 1.23. The lowest BCUT2D eigenvalue weighted by Gasteiger charge is -2.46. The van der Waals surface area contributed by atoms with E-state index in [1.807, 2.05) is 0 Å². The maximum atomic E-state index is 6.04. The third kappa shape index (κ3) is 0.578. The first kappa shape index (κ1) is 5.69. The summed E-state index contributed by atoms with van der Waals surface area (Å²) < 4.78 is 0. The lowest BCUT2D eigenvalue weighted by Crippen LogP contribution is -2.59. The summed E-state index contributed by atoms with van der Waals surface area (Å²) in [4.78, 5) is 0. The highest BCUT2D eigenvalue weighted by atomic mass is 15.0. The second-order valence-corrected chi connectivity index (χ2v) is 3.65. The van der Waals surface area contributed by atoms with Gasteiger partial charge in [-0.1, -0.05) is 6.92 Å². The van der Waals surface area contributed by atoms with Crippen molar-refractivity contribution in [3.8, 4) is 0 Å². The van der Waals surface area contributed by atoms with E-state index in [1.165, 1.54) is 6.42 Å². The molecule has 1 saturated carbocycles. The summed E-state index contributed by atoms with van der Waals surface area (Å²) in [6, 6.07) is 0. The van der Waals surface area contributed by atoms with E-state index >= 15 is 0 Å². The fourth-order valence-corrected chi connectivity index (χ4v) is 2.37. The van der Waals surface area contributed by atoms with Gasteiger partial charge in [0.1, 0.15) is 0 Å². The quantitative estimate of drug-likeness (QED) is 0.477. The van der Waals surface area contributed by atoms with Gasteiger partial charge in [-0.15, -0.1) is 0 Å². The van der Waals surface area contributed by atoms with E-state index in [9.17, 15) is 0 Å². The van der Waals surface area contributed by atoms with Gasteiger partial charge in [-0.25, -0.2) is 0 Å². The highest BCUT2D eigenvalue weighted by Crippen LogP contribution is 2.43. The second-order valence-electron chi connectivity index (χ2n) is 3.65. The molecule has 2 fully saturated rings. The molecule has 0 aromatic carbocycles. The van der Waals surface area contributed by atoms with Crippen LogP contribution < -0.4 is 11.1 Å². The molecule has 1 aliphatic carbocycles. The van der Waals surface area contributed by atoms with Crippen LogP contribution in [0.3, 0.4) is 0 Å². The number of fused-ring (bicyclic) bond motifs is 1. The summed E-state index contributed by atoms with van der Waals surface area (Å²) in [7, 11) is 0. The smallest absolute Gasteiger partial charge is 0.0326 e. The largest absolute Gasteiger partial charge is 0.324 e. The number of nitrogens with one attached hydrogen (secondary N) is 1. The molecule has 1 heterocycles. The van der Waals surface area contributed by atoms with Crippen molar-refractivity contribution in [2.45, 2.75) is 18.9 Å². The molecule has 52 valence electrons. The standard InChI is InChI=1S/C7H14N2/c1-5-2-7(8)4-9-3-6(5)7/h5-6,9H,2-4,8H2,1H3/t5-,6-,7+/m0/s1. The lowest BCUT2D eigenvalue weighted by molar-refractivity contribution is 0.100. The van der Waals surface area contributed by atoms with Crippen LogP contribution in [0.1, 0.15) is 13.3 Å². The van der Waals surface area contributed by atoms with Crippen molar-refractivity contribution < 1.29 is 0 Å². The summed E-state index contributed by atoms with van der Waals surface area (Å²) in [5, 5.41) is 3.33. The van der Waals surface area contributed by atoms with Crippen molar-refractivity contribution in [1.29, 1.82) is 0 Å². The minimum Gasteiger partial charge on any atom is -0.324 e. The molecule has 2 heteroatoms. The van der Waals surface area contributed by atoms with Crippen LogP contribution in [-0.2, 0) is 0 Å². The van der Waals surface area contributed by atoms with Crippen molar-refractivity contribution in [2.75, 3.05) is 13.1 Å². The zero-order valence-electron chi connectivity index (χ0n) is 5.85. The Morgan fingerprint density at radius 3 is 2.89 bits per heavy atom. The summed E-state index contributed by atoms with van der Waals surface area (Å²) in [6.45, 7) is 4.49. The lowest BCUT2D eigenvalue weighted by atomic mass is 9.62. The molecule has 3 N–H and O–H groups in total. The Labute approximate surface area is 55.8 Å². The van der Waals surface area contributed by atoms with Gasteiger partial charge < -0.3 is 11.1 Å². The zero-order chi connectivity index (χ0) is 6.48. The highest BCUT2D eigenvalue weighted by molar-refractivity contribution is 5.10. The van der Waals surface area contributed by atoms with Gasteiger partial charge in [0.15, 0.2) is 0 Å². The topological polar surface area (TPSA) is 38.0 Å². The van der Waals surface area contributed by atoms with Crippen LogP contribution in [0.5, 0.6) is 0 Å². The Morgan fingerprint density at radius 2 is 2.44 bits per heavy atom. The molecule has 1 saturated heterocycles. The van der Waals surface area contributed by atoms with Crippen LogP contribution in [0.15, 0.2) is 0 Å². The normalized spacial score (nSPS) is 56.7. The molecule has 1 aliphatic heterocycles. The van der Waals surface area contributed by atoms with Gasteiger partial charge in [0.2, 0.25) is 0 Å². The van der Waals surface area contributed by atoms with Gasteiger partial charge in [-0.3, -0.25) is 0 Å². The van der Waals surface area contributed by atoms with Crippen LogP contribution in [-0.4, -0.2) is 18.6 Å². The Hall–Kier alpha value is -0.0800. The average molecular weight is 126 g/mol. The van der Waals surface area contributed by atoms with Crippen molar-refractivity contribution in [2.24, 2.45) is 17.6 Å². The van der Waals surface area contributed by atoms with Crippen LogP contribution in [0.25, 0.3) is 0 Å². The first-order valence-electron chi connectivity index (χ1n) is 3.72. The number of rotatable bonds is 0. The molecular formula is C7H14N2. The van der Waals surface area contributed by atoms with Crippen LogP contribution in [0, 0.1) is 11.8 Å². The molecular weight excluding hydrogens is 112 g/mol. The predicted molar refractivity (Wildman–Crippen MR) is 37.1 cm³/mol. The number of hydrogen-bond acceptors (Lipinski definition) is 2. The predicted octanol–water partition coefficient (Wildman–Crippen LogP) is -0.0569. The maximum absolute atomic E-state index is 6.04. The monoisotopic (exact) mass is 126 g/mol. The molecule has 2 nitrogen and oxygen atoms in total. The van der Waals surface area contributed by atoms with Crippen molar-refractivity contribution in [3.05, 3.63) is 0 Å². The van der Waals surface area contributed by atoms with E-state index in [0.29, 0.717) is 0 Å². The fourth-order valence-electron chi connectivity index (χ4n) is 2.37. The van der Waals surface area contributed by atoms with Crippen LogP contribution in [0.2, 0.25) is 0 Å². The fraction of sp³-hybridized carbons (Fsp3) is 1.00. The minimum absolute atomic E-state index is 0.194. The minimum atomic E-state index is 0.194. The van der Waals surface area contributed by atoms with Crippen molar-refractivity contribution in [3.63, 3.8) is 0 Å². The van der Waals surface area contributed by atoms with Crippen LogP contribution in [0.4, 0.5) is 0 Å². The van der Waals surface area contributed by atoms with E-state index in [4.69, 9.17) is 5.73 Å². The Bertz CT molecular complexity index is 135. The SMILES string of the molecule is C[C@H]1C[C@@]2(N)CNC[C@@H]12. The molecule has 3 atom stereocenters. The number of nitrogens with two attached hydrogens (primary N) is 1. The van der Waals surface area contributed by atoms with E-state index < -0.39 is 0 Å². The molecule has 0 radical (unpaired) electrons. The molecule has 2 rings (SSSR count). The summed E-state index contributed by atoms with van der Waals surface area (Å²) in [5.74, 6) is 1.64. The molecule has 0 aromatic heterocycles. The van der Waals surface area contributed by atoms with E-state index in [1.54, 1.807) is 0 Å². The summed E-state index contributed by atoms with van der Waals surface area (Å²) >= 11 is 0. The Balaban J connectivity index is 2.13. The van der Waals surface area contributed by atoms with Gasteiger partial charge in [-0.2, -0.15) is 0 Å². The third-order valence-electron chi connectivity index (χ3n) is 2.95. The second kappa shape index (κ2) is 1.50.